The Hall–Kier alpha value is -0.0800. The first kappa shape index (κ1) is 16.3. The quantitative estimate of drug-likeness (QED) is 0.657. The molecule has 0 radical (unpaired) electrons. The van der Waals surface area contributed by atoms with E-state index in [2.05, 4.69) is 13.8 Å². The lowest BCUT2D eigenvalue weighted by molar-refractivity contribution is 0.00754. The van der Waals surface area contributed by atoms with Crippen molar-refractivity contribution in [1.82, 2.24) is 0 Å². The molecule has 0 heterocycles. The Kier molecular flexibility index (Phi) is 7.37. The van der Waals surface area contributed by atoms with Crippen molar-refractivity contribution in [1.29, 1.82) is 0 Å². The van der Waals surface area contributed by atoms with Crippen molar-refractivity contribution in [3.05, 3.63) is 0 Å². The van der Waals surface area contributed by atoms with E-state index in [1.807, 2.05) is 0 Å². The summed E-state index contributed by atoms with van der Waals surface area (Å²) in [5, 5.41) is 0. The highest BCUT2D eigenvalue weighted by Crippen LogP contribution is 2.36. The summed E-state index contributed by atoms with van der Waals surface area (Å²) in [6, 6.07) is 0. The molecule has 2 heteroatoms. The zero-order valence-electron chi connectivity index (χ0n) is 13.6. The summed E-state index contributed by atoms with van der Waals surface area (Å²) in [6.45, 7) is 6.16. The van der Waals surface area contributed by atoms with Gasteiger partial charge in [0.25, 0.3) is 0 Å². The first-order valence-electron chi connectivity index (χ1n) is 9.05. The van der Waals surface area contributed by atoms with Crippen LogP contribution in [0.25, 0.3) is 0 Å². The molecule has 20 heavy (non-hydrogen) atoms. The van der Waals surface area contributed by atoms with E-state index in [0.29, 0.717) is 12.2 Å². The minimum Gasteiger partial charge on any atom is -0.379 e. The predicted octanol–water partition coefficient (Wildman–Crippen LogP) is 4.96. The number of ether oxygens (including phenoxy) is 2. The average molecular weight is 282 g/mol. The molecule has 0 aromatic heterocycles. The fourth-order valence-electron chi connectivity index (χ4n) is 4.06. The van der Waals surface area contributed by atoms with Crippen LogP contribution in [-0.4, -0.2) is 25.4 Å². The van der Waals surface area contributed by atoms with Gasteiger partial charge in [0.05, 0.1) is 12.2 Å². The molecular formula is C18H34O2. The van der Waals surface area contributed by atoms with E-state index >= 15 is 0 Å². The van der Waals surface area contributed by atoms with Crippen molar-refractivity contribution in [2.24, 2.45) is 11.8 Å². The molecule has 2 rings (SSSR count). The third-order valence-electron chi connectivity index (χ3n) is 5.21. The van der Waals surface area contributed by atoms with Gasteiger partial charge in [-0.15, -0.1) is 0 Å². The second-order valence-corrected chi connectivity index (χ2v) is 6.85. The van der Waals surface area contributed by atoms with Gasteiger partial charge in [-0.05, 0) is 83.0 Å². The third-order valence-corrected chi connectivity index (χ3v) is 5.21. The molecule has 2 fully saturated rings. The summed E-state index contributed by atoms with van der Waals surface area (Å²) in [7, 11) is 0. The number of rotatable bonds is 7. The van der Waals surface area contributed by atoms with Gasteiger partial charge in [0.2, 0.25) is 0 Å². The fourth-order valence-corrected chi connectivity index (χ4v) is 4.06. The van der Waals surface area contributed by atoms with E-state index < -0.39 is 0 Å². The van der Waals surface area contributed by atoms with Crippen LogP contribution in [0.3, 0.4) is 0 Å². The van der Waals surface area contributed by atoms with Crippen molar-refractivity contribution in [2.45, 2.75) is 90.3 Å². The summed E-state index contributed by atoms with van der Waals surface area (Å²) >= 11 is 0. The van der Waals surface area contributed by atoms with E-state index in [9.17, 15) is 0 Å². The molecule has 0 aromatic carbocycles. The highest BCUT2D eigenvalue weighted by atomic mass is 16.5. The minimum absolute atomic E-state index is 0.564. The van der Waals surface area contributed by atoms with Crippen molar-refractivity contribution < 1.29 is 9.47 Å². The Morgan fingerprint density at radius 2 is 1.20 bits per heavy atom. The Morgan fingerprint density at radius 3 is 1.65 bits per heavy atom. The molecular weight excluding hydrogens is 248 g/mol. The lowest BCUT2D eigenvalue weighted by Gasteiger charge is -2.34. The van der Waals surface area contributed by atoms with E-state index in [4.69, 9.17) is 9.47 Å². The van der Waals surface area contributed by atoms with Crippen LogP contribution in [-0.2, 0) is 9.47 Å². The molecule has 2 nitrogen and oxygen atoms in total. The van der Waals surface area contributed by atoms with Gasteiger partial charge in [0, 0.05) is 13.2 Å². The lowest BCUT2D eigenvalue weighted by Crippen LogP contribution is -2.26. The first-order chi connectivity index (χ1) is 9.81. The van der Waals surface area contributed by atoms with E-state index in [1.165, 1.54) is 57.8 Å². The Morgan fingerprint density at radius 1 is 0.700 bits per heavy atom. The first-order valence-corrected chi connectivity index (χ1v) is 9.05. The van der Waals surface area contributed by atoms with Crippen LogP contribution in [0.15, 0.2) is 0 Å². The second kappa shape index (κ2) is 9.04. The van der Waals surface area contributed by atoms with Gasteiger partial charge in [-0.3, -0.25) is 0 Å². The monoisotopic (exact) mass is 282 g/mol. The van der Waals surface area contributed by atoms with Gasteiger partial charge in [0.15, 0.2) is 0 Å². The molecule has 0 unspecified atom stereocenters. The molecule has 2 aliphatic rings. The maximum atomic E-state index is 5.89. The molecule has 0 saturated heterocycles. The number of hydrogen-bond donors (Lipinski definition) is 0. The Balaban J connectivity index is 1.59. The largest absolute Gasteiger partial charge is 0.379 e. The van der Waals surface area contributed by atoms with E-state index in [-0.39, 0.29) is 0 Å². The molecule has 0 spiro atoms. The Labute approximate surface area is 125 Å². The standard InChI is InChI=1S/C18H34O2/c1-3-13-20-18-11-7-16(8-12-18)14-15-5-9-17(10-6-15)19-4-2/h15-18H,3-14H2,1-2H3. The summed E-state index contributed by atoms with van der Waals surface area (Å²) < 4.78 is 11.7. The highest BCUT2D eigenvalue weighted by molar-refractivity contribution is 4.79. The molecule has 0 atom stereocenters. The summed E-state index contributed by atoms with van der Waals surface area (Å²) in [5.74, 6) is 1.95. The van der Waals surface area contributed by atoms with Gasteiger partial charge in [0.1, 0.15) is 0 Å². The van der Waals surface area contributed by atoms with Crippen molar-refractivity contribution in [2.75, 3.05) is 13.2 Å². The highest BCUT2D eigenvalue weighted by Gasteiger charge is 2.27. The van der Waals surface area contributed by atoms with Gasteiger partial charge in [-0.1, -0.05) is 6.92 Å². The van der Waals surface area contributed by atoms with Crippen molar-refractivity contribution in [3.63, 3.8) is 0 Å². The zero-order valence-corrected chi connectivity index (χ0v) is 13.6. The van der Waals surface area contributed by atoms with Crippen LogP contribution in [0.4, 0.5) is 0 Å². The van der Waals surface area contributed by atoms with E-state index in [1.54, 1.807) is 0 Å². The van der Waals surface area contributed by atoms with Crippen LogP contribution in [0, 0.1) is 11.8 Å². The van der Waals surface area contributed by atoms with Crippen molar-refractivity contribution >= 4 is 0 Å². The fraction of sp³-hybridized carbons (Fsp3) is 1.00. The van der Waals surface area contributed by atoms with Gasteiger partial charge in [-0.2, -0.15) is 0 Å². The minimum atomic E-state index is 0.564. The van der Waals surface area contributed by atoms with Crippen molar-refractivity contribution in [3.8, 4) is 0 Å². The SMILES string of the molecule is CCCOC1CCC(CC2CCC(OCC)CC2)CC1. The van der Waals surface area contributed by atoms with Gasteiger partial charge >= 0.3 is 0 Å². The van der Waals surface area contributed by atoms with Crippen LogP contribution in [0.2, 0.25) is 0 Å². The Bertz CT molecular complexity index is 238. The molecule has 0 N–H and O–H groups in total. The molecule has 2 saturated carbocycles. The predicted molar refractivity (Wildman–Crippen MR) is 84.0 cm³/mol. The molecule has 118 valence electrons. The zero-order chi connectivity index (χ0) is 14.2. The topological polar surface area (TPSA) is 18.5 Å². The van der Waals surface area contributed by atoms with Gasteiger partial charge in [-0.25, -0.2) is 0 Å². The summed E-state index contributed by atoms with van der Waals surface area (Å²) in [5.41, 5.74) is 0. The average Bonchev–Trinajstić information content (AvgIpc) is 2.49. The molecule has 0 bridgehead atoms. The smallest absolute Gasteiger partial charge is 0.0575 e. The lowest BCUT2D eigenvalue weighted by atomic mass is 9.76. The van der Waals surface area contributed by atoms with E-state index in [0.717, 1.165) is 31.5 Å². The molecule has 0 aromatic rings. The van der Waals surface area contributed by atoms with Crippen LogP contribution >= 0.6 is 0 Å². The maximum Gasteiger partial charge on any atom is 0.0575 e. The molecule has 2 aliphatic carbocycles. The van der Waals surface area contributed by atoms with Crippen LogP contribution in [0.5, 0.6) is 0 Å². The molecule has 0 aliphatic heterocycles. The summed E-state index contributed by atoms with van der Waals surface area (Å²) in [6.07, 6.45) is 14.6. The van der Waals surface area contributed by atoms with Crippen LogP contribution in [0.1, 0.15) is 78.1 Å². The van der Waals surface area contributed by atoms with Crippen LogP contribution < -0.4 is 0 Å². The second-order valence-electron chi connectivity index (χ2n) is 6.85. The maximum absolute atomic E-state index is 5.89. The van der Waals surface area contributed by atoms with Gasteiger partial charge < -0.3 is 9.47 Å². The molecule has 0 amide bonds. The number of hydrogen-bond acceptors (Lipinski definition) is 2. The third kappa shape index (κ3) is 5.37. The summed E-state index contributed by atoms with van der Waals surface area (Å²) in [4.78, 5) is 0. The normalized spacial score (nSPS) is 35.1.